The number of aromatic nitrogens is 4. The number of anilines is 1. The van der Waals surface area contributed by atoms with E-state index in [1.54, 1.807) is 4.52 Å². The van der Waals surface area contributed by atoms with Crippen molar-refractivity contribution in [2.24, 2.45) is 0 Å². The fraction of sp³-hybridized carbons (Fsp3) is 0.214. The summed E-state index contributed by atoms with van der Waals surface area (Å²) in [5.74, 6) is 1.10. The SMILES string of the molecule is CCc1ccc(-c2c(C)nc3ncnn3c2N)cc1. The van der Waals surface area contributed by atoms with E-state index in [1.807, 2.05) is 6.92 Å². The Labute approximate surface area is 111 Å². The highest BCUT2D eigenvalue weighted by molar-refractivity contribution is 5.77. The van der Waals surface area contributed by atoms with Gasteiger partial charge >= 0.3 is 0 Å². The first-order valence-corrected chi connectivity index (χ1v) is 6.26. The fourth-order valence-electron chi connectivity index (χ4n) is 2.24. The summed E-state index contributed by atoms with van der Waals surface area (Å²) in [4.78, 5) is 8.49. The number of nitrogens with two attached hydrogens (primary N) is 1. The van der Waals surface area contributed by atoms with Crippen LogP contribution in [0.1, 0.15) is 18.2 Å². The van der Waals surface area contributed by atoms with Crippen LogP contribution in [0.3, 0.4) is 0 Å². The largest absolute Gasteiger partial charge is 0.383 e. The second-order valence-corrected chi connectivity index (χ2v) is 4.48. The van der Waals surface area contributed by atoms with Gasteiger partial charge in [0.2, 0.25) is 0 Å². The molecule has 1 aromatic carbocycles. The highest BCUT2D eigenvalue weighted by Crippen LogP contribution is 2.28. The molecule has 2 aromatic heterocycles. The van der Waals surface area contributed by atoms with Crippen molar-refractivity contribution in [3.8, 4) is 11.1 Å². The highest BCUT2D eigenvalue weighted by Gasteiger charge is 2.13. The second-order valence-electron chi connectivity index (χ2n) is 4.48. The van der Waals surface area contributed by atoms with E-state index in [1.165, 1.54) is 11.9 Å². The summed E-state index contributed by atoms with van der Waals surface area (Å²) < 4.78 is 1.57. The van der Waals surface area contributed by atoms with Crippen molar-refractivity contribution < 1.29 is 0 Å². The minimum atomic E-state index is 0.531. The predicted molar refractivity (Wildman–Crippen MR) is 74.7 cm³/mol. The van der Waals surface area contributed by atoms with Crippen molar-refractivity contribution >= 4 is 11.6 Å². The summed E-state index contributed by atoms with van der Waals surface area (Å²) in [6.45, 7) is 4.08. The van der Waals surface area contributed by atoms with E-state index >= 15 is 0 Å². The molecule has 2 heterocycles. The van der Waals surface area contributed by atoms with E-state index in [0.29, 0.717) is 11.6 Å². The minimum absolute atomic E-state index is 0.531. The Morgan fingerprint density at radius 2 is 1.95 bits per heavy atom. The number of rotatable bonds is 2. The van der Waals surface area contributed by atoms with E-state index in [-0.39, 0.29) is 0 Å². The van der Waals surface area contributed by atoms with Crippen LogP contribution in [-0.2, 0) is 6.42 Å². The van der Waals surface area contributed by atoms with Gasteiger partial charge in [0.15, 0.2) is 0 Å². The summed E-state index contributed by atoms with van der Waals surface area (Å²) in [7, 11) is 0. The maximum absolute atomic E-state index is 6.19. The lowest BCUT2D eigenvalue weighted by Crippen LogP contribution is -2.05. The average Bonchev–Trinajstić information content (AvgIpc) is 2.88. The molecular formula is C14H15N5. The Bertz CT molecular complexity index is 727. The van der Waals surface area contributed by atoms with E-state index in [2.05, 4.69) is 46.3 Å². The van der Waals surface area contributed by atoms with Crippen molar-refractivity contribution in [2.45, 2.75) is 20.3 Å². The summed E-state index contributed by atoms with van der Waals surface area (Å²) in [5, 5.41) is 4.10. The first-order valence-electron chi connectivity index (χ1n) is 6.26. The molecule has 3 aromatic rings. The molecule has 0 aliphatic rings. The minimum Gasteiger partial charge on any atom is -0.383 e. The van der Waals surface area contributed by atoms with Crippen LogP contribution in [-0.4, -0.2) is 19.6 Å². The third-order valence-corrected chi connectivity index (χ3v) is 3.29. The lowest BCUT2D eigenvalue weighted by atomic mass is 10.0. The molecule has 96 valence electrons. The molecule has 0 unspecified atom stereocenters. The third-order valence-electron chi connectivity index (χ3n) is 3.29. The van der Waals surface area contributed by atoms with Crippen molar-refractivity contribution in [3.05, 3.63) is 41.9 Å². The molecule has 2 N–H and O–H groups in total. The van der Waals surface area contributed by atoms with Crippen molar-refractivity contribution in [2.75, 3.05) is 5.73 Å². The van der Waals surface area contributed by atoms with Gasteiger partial charge in [-0.3, -0.25) is 0 Å². The topological polar surface area (TPSA) is 69.1 Å². The third kappa shape index (κ3) is 1.83. The van der Waals surface area contributed by atoms with Crippen LogP contribution in [0.2, 0.25) is 0 Å². The Kier molecular flexibility index (Phi) is 2.67. The molecule has 19 heavy (non-hydrogen) atoms. The maximum Gasteiger partial charge on any atom is 0.254 e. The van der Waals surface area contributed by atoms with Gasteiger partial charge in [-0.05, 0) is 24.5 Å². The summed E-state index contributed by atoms with van der Waals surface area (Å²) >= 11 is 0. The molecule has 0 aliphatic carbocycles. The number of benzene rings is 1. The Morgan fingerprint density at radius 1 is 1.21 bits per heavy atom. The molecule has 0 fully saturated rings. The summed E-state index contributed by atoms with van der Waals surface area (Å²) in [6.07, 6.45) is 2.48. The molecule has 0 saturated heterocycles. The molecule has 0 spiro atoms. The van der Waals surface area contributed by atoms with Crippen molar-refractivity contribution in [1.29, 1.82) is 0 Å². The first-order chi connectivity index (χ1) is 9.20. The van der Waals surface area contributed by atoms with Gasteiger partial charge in [0.1, 0.15) is 12.1 Å². The Morgan fingerprint density at radius 3 is 2.63 bits per heavy atom. The monoisotopic (exact) mass is 253 g/mol. The van der Waals surface area contributed by atoms with Gasteiger partial charge in [-0.1, -0.05) is 31.2 Å². The molecule has 0 radical (unpaired) electrons. The van der Waals surface area contributed by atoms with Gasteiger partial charge in [0.25, 0.3) is 5.78 Å². The average molecular weight is 253 g/mol. The molecule has 5 nitrogen and oxygen atoms in total. The zero-order chi connectivity index (χ0) is 13.4. The zero-order valence-corrected chi connectivity index (χ0v) is 11.0. The van der Waals surface area contributed by atoms with E-state index in [4.69, 9.17) is 5.73 Å². The van der Waals surface area contributed by atoms with Crippen LogP contribution in [0.5, 0.6) is 0 Å². The maximum atomic E-state index is 6.19. The molecule has 0 saturated carbocycles. The molecule has 0 atom stereocenters. The molecule has 0 amide bonds. The van der Waals surface area contributed by atoms with Crippen LogP contribution in [0.15, 0.2) is 30.6 Å². The first kappa shape index (κ1) is 11.6. The molecular weight excluding hydrogens is 238 g/mol. The standard InChI is InChI=1S/C14H15N5/c1-3-10-4-6-11(7-5-10)12-9(2)18-14-16-8-17-19(14)13(12)15/h4-8H,3,15H2,1-2H3. The molecule has 3 rings (SSSR count). The number of fused-ring (bicyclic) bond motifs is 1. The number of nitrogens with zero attached hydrogens (tertiary/aromatic N) is 4. The van der Waals surface area contributed by atoms with Crippen LogP contribution in [0.4, 0.5) is 5.82 Å². The van der Waals surface area contributed by atoms with Crippen LogP contribution >= 0.6 is 0 Å². The van der Waals surface area contributed by atoms with Gasteiger partial charge < -0.3 is 5.73 Å². The summed E-state index contributed by atoms with van der Waals surface area (Å²) in [6, 6.07) is 8.36. The van der Waals surface area contributed by atoms with E-state index < -0.39 is 0 Å². The lowest BCUT2D eigenvalue weighted by molar-refractivity contribution is 0.944. The van der Waals surface area contributed by atoms with Gasteiger partial charge in [0.05, 0.1) is 5.69 Å². The normalized spacial score (nSPS) is 11.1. The smallest absolute Gasteiger partial charge is 0.254 e. The van der Waals surface area contributed by atoms with Gasteiger partial charge in [-0.25, -0.2) is 4.98 Å². The quantitative estimate of drug-likeness (QED) is 0.760. The molecule has 0 bridgehead atoms. The zero-order valence-electron chi connectivity index (χ0n) is 11.0. The predicted octanol–water partition coefficient (Wildman–Crippen LogP) is 2.24. The molecule has 5 heteroatoms. The van der Waals surface area contributed by atoms with Crippen LogP contribution in [0, 0.1) is 6.92 Å². The van der Waals surface area contributed by atoms with Crippen LogP contribution < -0.4 is 5.73 Å². The Balaban J connectivity index is 2.22. The van der Waals surface area contributed by atoms with Crippen LogP contribution in [0.25, 0.3) is 16.9 Å². The number of hydrogen-bond acceptors (Lipinski definition) is 4. The highest BCUT2D eigenvalue weighted by atomic mass is 15.3. The van der Waals surface area contributed by atoms with Gasteiger partial charge in [-0.15, -0.1) is 0 Å². The van der Waals surface area contributed by atoms with Gasteiger partial charge in [-0.2, -0.15) is 14.6 Å². The van der Waals surface area contributed by atoms with E-state index in [0.717, 1.165) is 23.2 Å². The van der Waals surface area contributed by atoms with Crippen molar-refractivity contribution in [3.63, 3.8) is 0 Å². The van der Waals surface area contributed by atoms with Crippen molar-refractivity contribution in [1.82, 2.24) is 19.6 Å². The lowest BCUT2D eigenvalue weighted by Gasteiger charge is -2.10. The fourth-order valence-corrected chi connectivity index (χ4v) is 2.24. The Hall–Kier alpha value is -2.43. The number of hydrogen-bond donors (Lipinski definition) is 1. The van der Waals surface area contributed by atoms with Gasteiger partial charge in [0, 0.05) is 5.56 Å². The summed E-state index contributed by atoms with van der Waals surface area (Å²) in [5.41, 5.74) is 10.3. The second kappa shape index (κ2) is 4.35. The number of aryl methyl sites for hydroxylation is 2. The van der Waals surface area contributed by atoms with E-state index in [9.17, 15) is 0 Å². The number of nitrogen functional groups attached to an aromatic ring is 1. The molecule has 0 aliphatic heterocycles.